The highest BCUT2D eigenvalue weighted by Crippen LogP contribution is 2.28. The molecule has 1 aromatic rings. The van der Waals surface area contributed by atoms with Crippen LogP contribution in [0.15, 0.2) is 12.3 Å². The van der Waals surface area contributed by atoms with Gasteiger partial charge >= 0.3 is 0 Å². The molecular weight excluding hydrogens is 224 g/mol. The first kappa shape index (κ1) is 12.7. The van der Waals surface area contributed by atoms with Gasteiger partial charge in [-0.3, -0.25) is 0 Å². The first-order chi connectivity index (χ1) is 8.70. The number of pyridine rings is 1. The largest absolute Gasteiger partial charge is 0.396 e. The number of nitrogens with one attached hydrogen (secondary N) is 1. The van der Waals surface area contributed by atoms with E-state index in [2.05, 4.69) is 17.2 Å². The van der Waals surface area contributed by atoms with Crippen molar-refractivity contribution in [2.75, 3.05) is 11.1 Å². The number of nitriles is 1. The molecule has 4 nitrogen and oxygen atoms in total. The third-order valence-corrected chi connectivity index (χ3v) is 3.77. The number of hydrogen-bond donors (Lipinski definition) is 2. The Morgan fingerprint density at radius 1 is 1.44 bits per heavy atom. The van der Waals surface area contributed by atoms with Crippen molar-refractivity contribution in [2.24, 2.45) is 5.92 Å². The lowest BCUT2D eigenvalue weighted by Crippen LogP contribution is -2.28. The number of rotatable bonds is 3. The molecule has 0 aromatic carbocycles. The van der Waals surface area contributed by atoms with Crippen LogP contribution in [0.2, 0.25) is 0 Å². The molecule has 1 aromatic heterocycles. The molecule has 3 N–H and O–H groups in total. The Bertz CT molecular complexity index is 444. The Balaban J connectivity index is 2.02. The van der Waals surface area contributed by atoms with Crippen LogP contribution in [0.1, 0.15) is 44.6 Å². The molecule has 0 spiro atoms. The monoisotopic (exact) mass is 244 g/mol. The number of nitrogens with two attached hydrogens (primary N) is 1. The van der Waals surface area contributed by atoms with E-state index in [0.717, 1.165) is 0 Å². The van der Waals surface area contributed by atoms with Crippen molar-refractivity contribution < 1.29 is 0 Å². The van der Waals surface area contributed by atoms with E-state index in [1.165, 1.54) is 32.1 Å². The second-order valence-electron chi connectivity index (χ2n) is 5.10. The fraction of sp³-hybridized carbons (Fsp3) is 0.571. The van der Waals surface area contributed by atoms with E-state index in [9.17, 15) is 0 Å². The Morgan fingerprint density at radius 3 is 2.78 bits per heavy atom. The molecule has 1 fully saturated rings. The molecule has 0 amide bonds. The molecule has 0 radical (unpaired) electrons. The minimum absolute atomic E-state index is 0.382. The van der Waals surface area contributed by atoms with Gasteiger partial charge < -0.3 is 11.1 Å². The Kier molecular flexibility index (Phi) is 4.03. The van der Waals surface area contributed by atoms with Crippen LogP contribution >= 0.6 is 0 Å². The fourth-order valence-corrected chi connectivity index (χ4v) is 2.63. The summed E-state index contributed by atoms with van der Waals surface area (Å²) in [6, 6.07) is 4.09. The molecule has 0 aliphatic heterocycles. The van der Waals surface area contributed by atoms with E-state index in [-0.39, 0.29) is 0 Å². The zero-order valence-electron chi connectivity index (χ0n) is 10.8. The summed E-state index contributed by atoms with van der Waals surface area (Å²) in [7, 11) is 0. The van der Waals surface area contributed by atoms with E-state index in [4.69, 9.17) is 11.0 Å². The zero-order chi connectivity index (χ0) is 13.0. The first-order valence-electron chi connectivity index (χ1n) is 6.63. The van der Waals surface area contributed by atoms with E-state index < -0.39 is 0 Å². The van der Waals surface area contributed by atoms with Gasteiger partial charge in [0.25, 0.3) is 0 Å². The molecule has 96 valence electrons. The van der Waals surface area contributed by atoms with E-state index in [1.807, 2.05) is 6.07 Å². The molecule has 0 saturated heterocycles. The normalized spacial score (nSPS) is 18.0. The van der Waals surface area contributed by atoms with Crippen LogP contribution in [0.5, 0.6) is 0 Å². The molecule has 1 saturated carbocycles. The van der Waals surface area contributed by atoms with Crippen LogP contribution in [0, 0.1) is 17.2 Å². The van der Waals surface area contributed by atoms with Crippen molar-refractivity contribution in [1.29, 1.82) is 5.26 Å². The third-order valence-electron chi connectivity index (χ3n) is 3.77. The Labute approximate surface area is 108 Å². The van der Waals surface area contributed by atoms with Gasteiger partial charge in [-0.2, -0.15) is 5.26 Å². The number of anilines is 2. The predicted molar refractivity (Wildman–Crippen MR) is 73.0 cm³/mol. The minimum atomic E-state index is 0.382. The maximum absolute atomic E-state index is 8.77. The summed E-state index contributed by atoms with van der Waals surface area (Å²) < 4.78 is 0. The van der Waals surface area contributed by atoms with Gasteiger partial charge in [0.05, 0.1) is 11.3 Å². The van der Waals surface area contributed by atoms with Crippen LogP contribution in [-0.4, -0.2) is 11.0 Å². The Morgan fingerprint density at radius 2 is 2.17 bits per heavy atom. The topological polar surface area (TPSA) is 74.7 Å². The van der Waals surface area contributed by atoms with Crippen molar-refractivity contribution in [3.63, 3.8) is 0 Å². The number of nitrogen functional groups attached to an aromatic ring is 1. The number of nitrogens with zero attached hydrogens (tertiary/aromatic N) is 2. The SMILES string of the molecule is CC(Nc1ncc(C#N)cc1N)C1CCCCC1. The fourth-order valence-electron chi connectivity index (χ4n) is 2.63. The van der Waals surface area contributed by atoms with Crippen LogP contribution in [0.25, 0.3) is 0 Å². The van der Waals surface area contributed by atoms with Gasteiger partial charge in [0, 0.05) is 12.2 Å². The van der Waals surface area contributed by atoms with Gasteiger partial charge in [-0.15, -0.1) is 0 Å². The maximum Gasteiger partial charge on any atom is 0.149 e. The van der Waals surface area contributed by atoms with E-state index in [1.54, 1.807) is 12.3 Å². The quantitative estimate of drug-likeness (QED) is 0.857. The van der Waals surface area contributed by atoms with E-state index in [0.29, 0.717) is 29.0 Å². The van der Waals surface area contributed by atoms with Crippen molar-refractivity contribution in [1.82, 2.24) is 4.98 Å². The molecular formula is C14H20N4. The second kappa shape index (κ2) is 5.72. The van der Waals surface area contributed by atoms with Crippen LogP contribution in [-0.2, 0) is 0 Å². The van der Waals surface area contributed by atoms with Crippen LogP contribution in [0.3, 0.4) is 0 Å². The molecule has 0 bridgehead atoms. The van der Waals surface area contributed by atoms with Gasteiger partial charge in [0.2, 0.25) is 0 Å². The summed E-state index contributed by atoms with van der Waals surface area (Å²) in [5.41, 5.74) is 6.95. The average Bonchev–Trinajstić information content (AvgIpc) is 2.42. The number of aromatic nitrogens is 1. The van der Waals surface area contributed by atoms with Crippen LogP contribution in [0.4, 0.5) is 11.5 Å². The first-order valence-corrected chi connectivity index (χ1v) is 6.63. The van der Waals surface area contributed by atoms with Crippen molar-refractivity contribution in [2.45, 2.75) is 45.1 Å². The molecule has 1 heterocycles. The van der Waals surface area contributed by atoms with Gasteiger partial charge in [-0.05, 0) is 31.7 Å². The van der Waals surface area contributed by atoms with Gasteiger partial charge in [0.1, 0.15) is 11.9 Å². The molecule has 1 atom stereocenters. The summed E-state index contributed by atoms with van der Waals surface area (Å²) in [5, 5.41) is 12.2. The predicted octanol–water partition coefficient (Wildman–Crippen LogP) is 2.92. The molecule has 2 rings (SSSR count). The summed E-state index contributed by atoms with van der Waals surface area (Å²) in [6.45, 7) is 2.19. The van der Waals surface area contributed by atoms with Crippen molar-refractivity contribution in [3.8, 4) is 6.07 Å². The molecule has 1 unspecified atom stereocenters. The molecule has 1 aliphatic carbocycles. The van der Waals surface area contributed by atoms with E-state index >= 15 is 0 Å². The summed E-state index contributed by atoms with van der Waals surface area (Å²) in [5.74, 6) is 1.41. The molecule has 1 aliphatic rings. The summed E-state index contributed by atoms with van der Waals surface area (Å²) >= 11 is 0. The minimum Gasteiger partial charge on any atom is -0.396 e. The lowest BCUT2D eigenvalue weighted by atomic mass is 9.84. The number of hydrogen-bond acceptors (Lipinski definition) is 4. The third kappa shape index (κ3) is 2.92. The standard InChI is InChI=1S/C14H20N4/c1-10(12-5-3-2-4-6-12)18-14-13(16)7-11(8-15)9-17-14/h7,9-10,12H,2-6,16H2,1H3,(H,17,18). The maximum atomic E-state index is 8.77. The lowest BCUT2D eigenvalue weighted by Gasteiger charge is -2.28. The van der Waals surface area contributed by atoms with Gasteiger partial charge in [0.15, 0.2) is 0 Å². The summed E-state index contributed by atoms with van der Waals surface area (Å²) in [4.78, 5) is 4.23. The zero-order valence-corrected chi connectivity index (χ0v) is 10.8. The highest BCUT2D eigenvalue weighted by molar-refractivity contribution is 5.63. The highest BCUT2D eigenvalue weighted by Gasteiger charge is 2.20. The van der Waals surface area contributed by atoms with Gasteiger partial charge in [-0.25, -0.2) is 4.98 Å². The van der Waals surface area contributed by atoms with Crippen molar-refractivity contribution >= 4 is 11.5 Å². The average molecular weight is 244 g/mol. The molecule has 4 heteroatoms. The second-order valence-corrected chi connectivity index (χ2v) is 5.10. The highest BCUT2D eigenvalue weighted by atomic mass is 15.0. The summed E-state index contributed by atoms with van der Waals surface area (Å²) in [6.07, 6.45) is 8.14. The van der Waals surface area contributed by atoms with Gasteiger partial charge in [-0.1, -0.05) is 19.3 Å². The Hall–Kier alpha value is -1.76. The lowest BCUT2D eigenvalue weighted by molar-refractivity contribution is 0.328. The molecule has 18 heavy (non-hydrogen) atoms. The smallest absolute Gasteiger partial charge is 0.149 e. The van der Waals surface area contributed by atoms with Crippen LogP contribution < -0.4 is 11.1 Å². The van der Waals surface area contributed by atoms with Crippen molar-refractivity contribution in [3.05, 3.63) is 17.8 Å².